The van der Waals surface area contributed by atoms with Crippen molar-refractivity contribution >= 4 is 24.0 Å². The number of nitrogen functional groups attached to an aromatic ring is 1. The lowest BCUT2D eigenvalue weighted by Crippen LogP contribution is -2.56. The summed E-state index contributed by atoms with van der Waals surface area (Å²) in [5.41, 5.74) is 8.36. The molecule has 0 saturated carbocycles. The highest BCUT2D eigenvalue weighted by Gasteiger charge is 2.31. The van der Waals surface area contributed by atoms with Gasteiger partial charge in [0.05, 0.1) is 0 Å². The van der Waals surface area contributed by atoms with Gasteiger partial charge in [0, 0.05) is 36.9 Å². The number of carbonyl (C=O) groups excluding carboxylic acids is 1. The highest BCUT2D eigenvalue weighted by atomic mass is 35.5. The molecule has 5 heteroatoms. The van der Waals surface area contributed by atoms with Crippen LogP contribution >= 0.6 is 12.4 Å². The van der Waals surface area contributed by atoms with Crippen molar-refractivity contribution in [2.24, 2.45) is 0 Å². The molecule has 2 heterocycles. The van der Waals surface area contributed by atoms with E-state index in [9.17, 15) is 4.79 Å². The molecular weight excluding hydrogens is 286 g/mol. The first kappa shape index (κ1) is 16.1. The Labute approximate surface area is 132 Å². The van der Waals surface area contributed by atoms with E-state index in [1.165, 1.54) is 25.8 Å². The predicted octanol–water partition coefficient (Wildman–Crippen LogP) is 2.31. The molecule has 3 rings (SSSR count). The molecule has 116 valence electrons. The molecule has 0 aromatic heterocycles. The van der Waals surface area contributed by atoms with Crippen molar-refractivity contribution in [1.82, 2.24) is 9.80 Å². The first-order valence-corrected chi connectivity index (χ1v) is 7.54. The normalized spacial score (nSPS) is 22.3. The van der Waals surface area contributed by atoms with Crippen LogP contribution in [0.2, 0.25) is 0 Å². The number of aryl methyl sites for hydroxylation is 1. The first-order valence-electron chi connectivity index (χ1n) is 7.54. The number of carbonyl (C=O) groups is 1. The number of nitrogens with zero attached hydrogens (tertiary/aromatic N) is 2. The summed E-state index contributed by atoms with van der Waals surface area (Å²) in [6.07, 6.45) is 3.82. The minimum absolute atomic E-state index is 0. The van der Waals surface area contributed by atoms with Crippen molar-refractivity contribution in [1.29, 1.82) is 0 Å². The number of benzene rings is 1. The quantitative estimate of drug-likeness (QED) is 0.810. The summed E-state index contributed by atoms with van der Waals surface area (Å²) < 4.78 is 0. The van der Waals surface area contributed by atoms with Crippen LogP contribution in [0.25, 0.3) is 0 Å². The maximum absolute atomic E-state index is 12.6. The van der Waals surface area contributed by atoms with Crippen molar-refractivity contribution in [3.05, 3.63) is 29.3 Å². The third kappa shape index (κ3) is 3.33. The average molecular weight is 310 g/mol. The first-order chi connectivity index (χ1) is 9.65. The highest BCUT2D eigenvalue weighted by molar-refractivity contribution is 5.95. The van der Waals surface area contributed by atoms with Crippen LogP contribution in [-0.4, -0.2) is 47.9 Å². The molecule has 0 bridgehead atoms. The van der Waals surface area contributed by atoms with Crippen molar-refractivity contribution in [3.8, 4) is 0 Å². The molecule has 1 unspecified atom stereocenters. The molecule has 2 aliphatic rings. The van der Waals surface area contributed by atoms with Crippen LogP contribution in [0.15, 0.2) is 18.2 Å². The number of anilines is 1. The van der Waals surface area contributed by atoms with Crippen molar-refractivity contribution < 1.29 is 4.79 Å². The number of hydrogen-bond donors (Lipinski definition) is 1. The lowest BCUT2D eigenvalue weighted by Gasteiger charge is -2.44. The van der Waals surface area contributed by atoms with Crippen molar-refractivity contribution in [2.45, 2.75) is 32.2 Å². The number of rotatable bonds is 1. The third-order valence-corrected chi connectivity index (χ3v) is 4.65. The van der Waals surface area contributed by atoms with E-state index in [0.717, 1.165) is 30.8 Å². The fraction of sp³-hybridized carbons (Fsp3) is 0.562. The van der Waals surface area contributed by atoms with E-state index in [2.05, 4.69) is 4.90 Å². The Morgan fingerprint density at radius 2 is 2.05 bits per heavy atom. The Hall–Kier alpha value is -1.26. The maximum atomic E-state index is 12.6. The van der Waals surface area contributed by atoms with Crippen LogP contribution in [0.4, 0.5) is 5.69 Å². The van der Waals surface area contributed by atoms with Gasteiger partial charge in [-0.3, -0.25) is 9.69 Å². The van der Waals surface area contributed by atoms with Crippen molar-refractivity contribution in [3.63, 3.8) is 0 Å². The number of hydrogen-bond acceptors (Lipinski definition) is 3. The molecule has 0 radical (unpaired) electrons. The van der Waals surface area contributed by atoms with Gasteiger partial charge >= 0.3 is 0 Å². The minimum atomic E-state index is 0. The van der Waals surface area contributed by atoms with E-state index < -0.39 is 0 Å². The molecule has 1 aromatic carbocycles. The SMILES string of the molecule is Cc1ccc(C(=O)N2CCN3CCCCC3C2)cc1N.Cl. The lowest BCUT2D eigenvalue weighted by atomic mass is 9.99. The van der Waals surface area contributed by atoms with E-state index in [-0.39, 0.29) is 18.3 Å². The monoisotopic (exact) mass is 309 g/mol. The zero-order valence-corrected chi connectivity index (χ0v) is 13.4. The molecule has 2 fully saturated rings. The summed E-state index contributed by atoms with van der Waals surface area (Å²) in [6.45, 7) is 5.88. The van der Waals surface area contributed by atoms with E-state index in [1.54, 1.807) is 0 Å². The summed E-state index contributed by atoms with van der Waals surface area (Å²) in [4.78, 5) is 17.1. The molecule has 2 aliphatic heterocycles. The van der Waals surface area contributed by atoms with Crippen LogP contribution in [0.1, 0.15) is 35.2 Å². The van der Waals surface area contributed by atoms with Crippen LogP contribution in [0.3, 0.4) is 0 Å². The minimum Gasteiger partial charge on any atom is -0.398 e. The largest absolute Gasteiger partial charge is 0.398 e. The van der Waals surface area contributed by atoms with E-state index in [0.29, 0.717) is 11.7 Å². The summed E-state index contributed by atoms with van der Waals surface area (Å²) >= 11 is 0. The molecule has 0 aliphatic carbocycles. The fourth-order valence-electron chi connectivity index (χ4n) is 3.30. The number of piperidine rings is 1. The molecule has 21 heavy (non-hydrogen) atoms. The Balaban J connectivity index is 0.00000161. The van der Waals surface area contributed by atoms with Gasteiger partial charge in [-0.25, -0.2) is 0 Å². The van der Waals surface area contributed by atoms with Gasteiger partial charge in [0.25, 0.3) is 5.91 Å². The Morgan fingerprint density at radius 3 is 2.81 bits per heavy atom. The smallest absolute Gasteiger partial charge is 0.254 e. The van der Waals surface area contributed by atoms with Gasteiger partial charge in [-0.15, -0.1) is 12.4 Å². The second-order valence-electron chi connectivity index (χ2n) is 6.01. The molecular formula is C16H24ClN3O. The Morgan fingerprint density at radius 1 is 1.24 bits per heavy atom. The molecule has 0 spiro atoms. The third-order valence-electron chi connectivity index (χ3n) is 4.65. The molecule has 2 saturated heterocycles. The van der Waals surface area contributed by atoms with Gasteiger partial charge in [0.2, 0.25) is 0 Å². The van der Waals surface area contributed by atoms with Gasteiger partial charge in [-0.1, -0.05) is 12.5 Å². The number of piperazine rings is 1. The van der Waals surface area contributed by atoms with Crippen LogP contribution in [0.5, 0.6) is 0 Å². The van der Waals surface area contributed by atoms with Crippen molar-refractivity contribution in [2.75, 3.05) is 31.9 Å². The maximum Gasteiger partial charge on any atom is 0.254 e. The van der Waals surface area contributed by atoms with Gasteiger partial charge < -0.3 is 10.6 Å². The zero-order chi connectivity index (χ0) is 14.1. The number of nitrogens with two attached hydrogens (primary N) is 1. The van der Waals surface area contributed by atoms with Gasteiger partial charge in [0.15, 0.2) is 0 Å². The molecule has 1 amide bonds. The van der Waals surface area contributed by atoms with Gasteiger partial charge in [-0.05, 0) is 44.0 Å². The zero-order valence-electron chi connectivity index (χ0n) is 12.5. The summed E-state index contributed by atoms with van der Waals surface area (Å²) in [6, 6.07) is 6.19. The van der Waals surface area contributed by atoms with Gasteiger partial charge in [-0.2, -0.15) is 0 Å². The fourth-order valence-corrected chi connectivity index (χ4v) is 3.30. The topological polar surface area (TPSA) is 49.6 Å². The second kappa shape index (κ2) is 6.67. The summed E-state index contributed by atoms with van der Waals surface area (Å²) in [7, 11) is 0. The number of fused-ring (bicyclic) bond motifs is 1. The molecule has 1 aromatic rings. The van der Waals surface area contributed by atoms with Crippen LogP contribution in [0, 0.1) is 6.92 Å². The number of amides is 1. The second-order valence-corrected chi connectivity index (χ2v) is 6.01. The molecule has 4 nitrogen and oxygen atoms in total. The Kier molecular flexibility index (Phi) is 5.12. The van der Waals surface area contributed by atoms with E-state index >= 15 is 0 Å². The average Bonchev–Trinajstić information content (AvgIpc) is 2.49. The van der Waals surface area contributed by atoms with E-state index in [4.69, 9.17) is 5.73 Å². The highest BCUT2D eigenvalue weighted by Crippen LogP contribution is 2.23. The Bertz CT molecular complexity index is 520. The van der Waals surface area contributed by atoms with Gasteiger partial charge in [0.1, 0.15) is 0 Å². The summed E-state index contributed by atoms with van der Waals surface area (Å²) in [5, 5.41) is 0. The molecule has 1 atom stereocenters. The van der Waals surface area contributed by atoms with Crippen LogP contribution < -0.4 is 5.73 Å². The predicted molar refractivity (Wildman–Crippen MR) is 88.0 cm³/mol. The van der Waals surface area contributed by atoms with E-state index in [1.807, 2.05) is 30.0 Å². The summed E-state index contributed by atoms with van der Waals surface area (Å²) in [5.74, 6) is 0.127. The molecule has 2 N–H and O–H groups in total. The van der Waals surface area contributed by atoms with Crippen LogP contribution in [-0.2, 0) is 0 Å². The lowest BCUT2D eigenvalue weighted by molar-refractivity contribution is 0.0372. The standard InChI is InChI=1S/C16H23N3O.ClH/c1-12-5-6-13(10-15(12)17)16(20)19-9-8-18-7-3-2-4-14(18)11-19;/h5-6,10,14H,2-4,7-9,11,17H2,1H3;1H. The number of halogens is 1.